The number of quaternary nitrogens is 1. The summed E-state index contributed by atoms with van der Waals surface area (Å²) in [6, 6.07) is 0. The van der Waals surface area contributed by atoms with Gasteiger partial charge in [-0.1, -0.05) is 222 Å². The van der Waals surface area contributed by atoms with E-state index in [4.69, 9.17) is 18.9 Å². The van der Waals surface area contributed by atoms with Crippen LogP contribution in [0.5, 0.6) is 0 Å². The Morgan fingerprint density at radius 1 is 0.423 bits per heavy atom. The van der Waals surface area contributed by atoms with Crippen LogP contribution in [0.25, 0.3) is 0 Å². The molecule has 0 aliphatic rings. The number of carbonyl (C=O) groups is 3. The summed E-state index contributed by atoms with van der Waals surface area (Å²) >= 11 is 0. The highest BCUT2D eigenvalue weighted by molar-refractivity contribution is 5.71. The number of hydrogen-bond donors (Lipinski definition) is 1. The molecule has 2 atom stereocenters. The molecule has 71 heavy (non-hydrogen) atoms. The topological polar surface area (TPSA) is 108 Å². The molecule has 0 spiro atoms. The van der Waals surface area contributed by atoms with E-state index in [0.29, 0.717) is 23.9 Å². The standard InChI is InChI=1S/C62H111NO8/c1-6-8-10-12-14-16-18-20-22-24-26-28-30-32-34-36-38-40-42-44-46-48-50-52-59(64)69-56-58(57-70-62(61(66)67)68-55-54-63(3,4)5)71-60(65)53-51-49-47-45-43-41-39-37-35-33-31-29-27-25-23-21-19-17-15-13-11-9-7-2/h18-21,24-27,31,33,58,62H,6-17,22-23,28-30,32,34-57H2,1-5H3/p+1/b20-18-,21-19-,26-24-,27-25-,33-31-. The van der Waals surface area contributed by atoms with Crippen molar-refractivity contribution in [3.8, 4) is 0 Å². The summed E-state index contributed by atoms with van der Waals surface area (Å²) in [4.78, 5) is 37.4. The van der Waals surface area contributed by atoms with Crippen LogP contribution in [0.1, 0.15) is 258 Å². The molecule has 2 unspecified atom stereocenters. The lowest BCUT2D eigenvalue weighted by atomic mass is 10.0. The van der Waals surface area contributed by atoms with Crippen molar-refractivity contribution in [3.63, 3.8) is 0 Å². The molecular weight excluding hydrogens is 887 g/mol. The van der Waals surface area contributed by atoms with Gasteiger partial charge in [-0.3, -0.25) is 9.59 Å². The number of allylic oxidation sites excluding steroid dienone is 10. The summed E-state index contributed by atoms with van der Waals surface area (Å²) in [5.41, 5.74) is 0. The van der Waals surface area contributed by atoms with Crippen LogP contribution in [-0.2, 0) is 33.3 Å². The Morgan fingerprint density at radius 3 is 1.13 bits per heavy atom. The predicted molar refractivity (Wildman–Crippen MR) is 300 cm³/mol. The summed E-state index contributed by atoms with van der Waals surface area (Å²) < 4.78 is 22.9. The van der Waals surface area contributed by atoms with Gasteiger partial charge in [-0.25, -0.2) is 4.79 Å². The zero-order valence-electron chi connectivity index (χ0n) is 46.9. The lowest BCUT2D eigenvalue weighted by molar-refractivity contribution is -0.870. The van der Waals surface area contributed by atoms with Gasteiger partial charge in [-0.05, 0) is 83.5 Å². The van der Waals surface area contributed by atoms with Crippen LogP contribution in [0, 0.1) is 0 Å². The van der Waals surface area contributed by atoms with Crippen molar-refractivity contribution < 1.29 is 42.9 Å². The second-order valence-corrected chi connectivity index (χ2v) is 20.9. The second-order valence-electron chi connectivity index (χ2n) is 20.9. The number of ether oxygens (including phenoxy) is 4. The molecule has 0 saturated heterocycles. The van der Waals surface area contributed by atoms with Gasteiger partial charge in [0.05, 0.1) is 34.4 Å². The molecule has 0 aliphatic heterocycles. The Bertz CT molecular complexity index is 1350. The average Bonchev–Trinajstić information content (AvgIpc) is 3.34. The Morgan fingerprint density at radius 2 is 0.761 bits per heavy atom. The molecule has 0 saturated carbocycles. The van der Waals surface area contributed by atoms with E-state index in [-0.39, 0.29) is 32.2 Å². The molecule has 0 aromatic rings. The first kappa shape index (κ1) is 68.0. The summed E-state index contributed by atoms with van der Waals surface area (Å²) in [5.74, 6) is -2.01. The number of likely N-dealkylation sites (N-methyl/N-ethyl adjacent to an activating group) is 1. The fraction of sp³-hybridized carbons (Fsp3) is 0.790. The van der Waals surface area contributed by atoms with E-state index in [9.17, 15) is 19.5 Å². The number of hydrogen-bond acceptors (Lipinski definition) is 7. The van der Waals surface area contributed by atoms with Gasteiger partial charge in [0.2, 0.25) is 0 Å². The van der Waals surface area contributed by atoms with Crippen molar-refractivity contribution in [2.45, 2.75) is 270 Å². The Balaban J connectivity index is 4.27. The molecule has 0 aliphatic carbocycles. The second kappa shape index (κ2) is 53.3. The first-order valence-corrected chi connectivity index (χ1v) is 29.5. The van der Waals surface area contributed by atoms with E-state index in [0.717, 1.165) is 64.2 Å². The number of unbranched alkanes of at least 4 members (excludes halogenated alkanes) is 29. The lowest BCUT2D eigenvalue weighted by Crippen LogP contribution is -2.40. The van der Waals surface area contributed by atoms with Gasteiger partial charge in [-0.2, -0.15) is 0 Å². The highest BCUT2D eigenvalue weighted by Crippen LogP contribution is 2.16. The number of carboxylic acids is 1. The summed E-state index contributed by atoms with van der Waals surface area (Å²) in [5, 5.41) is 9.71. The Labute approximate surface area is 437 Å². The van der Waals surface area contributed by atoms with Gasteiger partial charge in [-0.15, -0.1) is 0 Å². The Kier molecular flexibility index (Phi) is 51.0. The normalized spacial score (nSPS) is 13.2. The van der Waals surface area contributed by atoms with Crippen molar-refractivity contribution in [2.24, 2.45) is 0 Å². The van der Waals surface area contributed by atoms with E-state index in [1.54, 1.807) is 0 Å². The first-order valence-electron chi connectivity index (χ1n) is 29.5. The van der Waals surface area contributed by atoms with Gasteiger partial charge in [0.25, 0.3) is 6.29 Å². The fourth-order valence-electron chi connectivity index (χ4n) is 8.17. The maximum absolute atomic E-state index is 12.9. The molecule has 0 aromatic carbocycles. The van der Waals surface area contributed by atoms with Crippen LogP contribution in [0.3, 0.4) is 0 Å². The molecule has 0 bridgehead atoms. The predicted octanol–water partition coefficient (Wildman–Crippen LogP) is 17.2. The zero-order chi connectivity index (χ0) is 52.0. The van der Waals surface area contributed by atoms with Gasteiger partial charge in [0, 0.05) is 12.8 Å². The largest absolute Gasteiger partial charge is 0.477 e. The highest BCUT2D eigenvalue weighted by atomic mass is 16.7. The van der Waals surface area contributed by atoms with E-state index in [1.165, 1.54) is 161 Å². The monoisotopic (exact) mass is 999 g/mol. The maximum atomic E-state index is 12.9. The molecule has 412 valence electrons. The molecule has 9 heteroatoms. The van der Waals surface area contributed by atoms with Crippen LogP contribution < -0.4 is 0 Å². The van der Waals surface area contributed by atoms with Crippen molar-refractivity contribution in [1.29, 1.82) is 0 Å². The quantitative estimate of drug-likeness (QED) is 0.0211. The van der Waals surface area contributed by atoms with Crippen LogP contribution in [-0.4, -0.2) is 87.4 Å². The summed E-state index contributed by atoms with van der Waals surface area (Å²) in [6.45, 7) is 4.86. The van der Waals surface area contributed by atoms with E-state index < -0.39 is 24.3 Å². The third-order valence-electron chi connectivity index (χ3n) is 12.7. The minimum atomic E-state index is -1.51. The number of carboxylic acid groups (broad SMARTS) is 1. The SMILES string of the molecule is CCCCCCC/C=C\C/C=C\C/C=C\CCCCCCCCCCC(=O)OC(COC(=O)CCCCCCCCCCCCC/C=C\C/C=C\CCCCCCC)COC(OCC[N+](C)(C)C)C(=O)O. The zero-order valence-corrected chi connectivity index (χ0v) is 46.9. The Hall–Kier alpha value is -3.01. The van der Waals surface area contributed by atoms with Crippen LogP contribution in [0.15, 0.2) is 60.8 Å². The van der Waals surface area contributed by atoms with Crippen molar-refractivity contribution in [3.05, 3.63) is 60.8 Å². The third kappa shape index (κ3) is 54.6. The fourth-order valence-corrected chi connectivity index (χ4v) is 8.17. The molecule has 0 fully saturated rings. The maximum Gasteiger partial charge on any atom is 0.361 e. The van der Waals surface area contributed by atoms with Gasteiger partial charge < -0.3 is 28.5 Å². The molecule has 0 rings (SSSR count). The molecule has 0 radical (unpaired) electrons. The molecule has 1 N–H and O–H groups in total. The number of carbonyl (C=O) groups excluding carboxylic acids is 2. The number of esters is 2. The van der Waals surface area contributed by atoms with Gasteiger partial charge in [0.15, 0.2) is 6.10 Å². The number of rotatable bonds is 54. The van der Waals surface area contributed by atoms with Crippen LogP contribution in [0.4, 0.5) is 0 Å². The molecule has 0 amide bonds. The minimum Gasteiger partial charge on any atom is -0.477 e. The minimum absolute atomic E-state index is 0.184. The average molecular weight is 1000 g/mol. The number of nitrogens with zero attached hydrogens (tertiary/aromatic N) is 1. The molecule has 0 aromatic heterocycles. The summed E-state index contributed by atoms with van der Waals surface area (Å²) in [6.07, 6.45) is 64.3. The molecule has 0 heterocycles. The van der Waals surface area contributed by atoms with Crippen molar-refractivity contribution in [2.75, 3.05) is 47.5 Å². The van der Waals surface area contributed by atoms with Crippen LogP contribution in [0.2, 0.25) is 0 Å². The smallest absolute Gasteiger partial charge is 0.361 e. The van der Waals surface area contributed by atoms with E-state index >= 15 is 0 Å². The first-order chi connectivity index (χ1) is 34.6. The van der Waals surface area contributed by atoms with Crippen molar-refractivity contribution in [1.82, 2.24) is 0 Å². The number of aliphatic carboxylic acids is 1. The van der Waals surface area contributed by atoms with E-state index in [1.807, 2.05) is 21.1 Å². The third-order valence-corrected chi connectivity index (χ3v) is 12.7. The van der Waals surface area contributed by atoms with Crippen molar-refractivity contribution >= 4 is 17.9 Å². The van der Waals surface area contributed by atoms with Crippen LogP contribution >= 0.6 is 0 Å². The van der Waals surface area contributed by atoms with E-state index in [2.05, 4.69) is 74.6 Å². The van der Waals surface area contributed by atoms with Gasteiger partial charge >= 0.3 is 17.9 Å². The molecular formula is C62H112NO8+. The highest BCUT2D eigenvalue weighted by Gasteiger charge is 2.25. The lowest BCUT2D eigenvalue weighted by Gasteiger charge is -2.25. The van der Waals surface area contributed by atoms with Gasteiger partial charge in [0.1, 0.15) is 13.2 Å². The summed E-state index contributed by atoms with van der Waals surface area (Å²) in [7, 11) is 5.97. The molecule has 9 nitrogen and oxygen atoms in total.